The number of aliphatic hydroxyl groups is 1. The first-order valence-electron chi connectivity index (χ1n) is 9.38. The molecule has 1 aliphatic carbocycles. The molecule has 0 bridgehead atoms. The first kappa shape index (κ1) is 19.8. The summed E-state index contributed by atoms with van der Waals surface area (Å²) in [5.41, 5.74) is 0.592. The molecule has 156 valence electrons. The lowest BCUT2D eigenvalue weighted by Crippen LogP contribution is -2.16. The number of benzene rings is 2. The Morgan fingerprint density at radius 1 is 1.23 bits per heavy atom. The molecule has 4 rings (SSSR count). The highest BCUT2D eigenvalue weighted by molar-refractivity contribution is 5.74. The van der Waals surface area contributed by atoms with Crippen LogP contribution in [0.1, 0.15) is 36.1 Å². The van der Waals surface area contributed by atoms with Crippen molar-refractivity contribution in [3.63, 3.8) is 0 Å². The lowest BCUT2D eigenvalue weighted by atomic mass is 10.1. The summed E-state index contributed by atoms with van der Waals surface area (Å²) in [5, 5.41) is 33.5. The van der Waals surface area contributed by atoms with Crippen LogP contribution in [0.2, 0.25) is 0 Å². The number of rotatable bonds is 8. The molecule has 0 saturated heterocycles. The van der Waals surface area contributed by atoms with E-state index >= 15 is 4.39 Å². The number of nitro groups is 1. The second-order valence-electron chi connectivity index (χ2n) is 7.12. The molecular formula is C20H19F2N5O3. The Bertz CT molecular complexity index is 1070. The largest absolute Gasteiger partial charge is 0.394 e. The molecule has 0 radical (unpaired) electrons. The van der Waals surface area contributed by atoms with Gasteiger partial charge in [-0.15, -0.1) is 0 Å². The minimum atomic E-state index is -0.888. The molecule has 8 nitrogen and oxygen atoms in total. The Morgan fingerprint density at radius 2 is 1.97 bits per heavy atom. The quantitative estimate of drug-likeness (QED) is 0.321. The van der Waals surface area contributed by atoms with Crippen LogP contribution in [0.25, 0.3) is 0 Å². The average Bonchev–Trinajstić information content (AvgIpc) is 3.48. The van der Waals surface area contributed by atoms with Gasteiger partial charge in [-0.05, 0) is 36.6 Å². The molecule has 3 aromatic rings. The molecule has 0 spiro atoms. The third kappa shape index (κ3) is 4.08. The molecule has 2 aromatic carbocycles. The van der Waals surface area contributed by atoms with E-state index in [9.17, 15) is 19.6 Å². The number of aliphatic hydroxyl groups excluding tert-OH is 1. The normalized spacial score (nSPS) is 14.4. The Balaban J connectivity index is 1.64. The summed E-state index contributed by atoms with van der Waals surface area (Å²) in [6.07, 6.45) is 2.09. The zero-order valence-electron chi connectivity index (χ0n) is 15.7. The minimum absolute atomic E-state index is 0.0515. The molecule has 1 heterocycles. The fourth-order valence-corrected chi connectivity index (χ4v) is 3.20. The molecule has 30 heavy (non-hydrogen) atoms. The Labute approximate surface area is 170 Å². The third-order valence-corrected chi connectivity index (χ3v) is 4.97. The van der Waals surface area contributed by atoms with Crippen molar-refractivity contribution in [1.29, 1.82) is 0 Å². The van der Waals surface area contributed by atoms with E-state index in [2.05, 4.69) is 20.8 Å². The molecular weight excluding hydrogens is 396 g/mol. The van der Waals surface area contributed by atoms with E-state index in [4.69, 9.17) is 0 Å². The van der Waals surface area contributed by atoms with E-state index < -0.39 is 34.9 Å². The molecule has 1 saturated carbocycles. The van der Waals surface area contributed by atoms with Gasteiger partial charge in [-0.1, -0.05) is 12.1 Å². The van der Waals surface area contributed by atoms with Gasteiger partial charge in [-0.3, -0.25) is 15.2 Å². The minimum Gasteiger partial charge on any atom is -0.394 e. The van der Waals surface area contributed by atoms with Crippen molar-refractivity contribution in [3.05, 3.63) is 75.5 Å². The van der Waals surface area contributed by atoms with Gasteiger partial charge >= 0.3 is 0 Å². The van der Waals surface area contributed by atoms with Crippen LogP contribution < -0.4 is 10.6 Å². The van der Waals surface area contributed by atoms with E-state index in [1.54, 1.807) is 6.07 Å². The number of hydrogen-bond acceptors (Lipinski definition) is 6. The zero-order chi connectivity index (χ0) is 21.3. The average molecular weight is 415 g/mol. The van der Waals surface area contributed by atoms with Crippen LogP contribution in [0, 0.1) is 21.7 Å². The van der Waals surface area contributed by atoms with Crippen molar-refractivity contribution in [1.82, 2.24) is 10.2 Å². The molecule has 4 N–H and O–H groups in total. The number of anilines is 3. The van der Waals surface area contributed by atoms with Crippen LogP contribution in [0.4, 0.5) is 31.7 Å². The summed E-state index contributed by atoms with van der Waals surface area (Å²) in [5.74, 6) is -0.663. The second kappa shape index (κ2) is 8.07. The molecule has 10 heteroatoms. The number of H-pyrrole nitrogens is 1. The molecule has 0 amide bonds. The maximum atomic E-state index is 15.2. The van der Waals surface area contributed by atoms with Crippen LogP contribution >= 0.6 is 0 Å². The Hall–Kier alpha value is -3.53. The van der Waals surface area contributed by atoms with Crippen LogP contribution in [-0.4, -0.2) is 26.8 Å². The van der Waals surface area contributed by atoms with E-state index in [0.29, 0.717) is 11.5 Å². The second-order valence-corrected chi connectivity index (χ2v) is 7.12. The van der Waals surface area contributed by atoms with Gasteiger partial charge in [-0.2, -0.15) is 5.10 Å². The molecule has 0 aliphatic heterocycles. The van der Waals surface area contributed by atoms with E-state index in [1.807, 2.05) is 0 Å². The van der Waals surface area contributed by atoms with Gasteiger partial charge in [0.05, 0.1) is 23.3 Å². The van der Waals surface area contributed by atoms with Crippen molar-refractivity contribution in [2.45, 2.75) is 24.8 Å². The highest BCUT2D eigenvalue weighted by atomic mass is 19.1. The van der Waals surface area contributed by atoms with Crippen LogP contribution in [0.3, 0.4) is 0 Å². The van der Waals surface area contributed by atoms with Gasteiger partial charge < -0.3 is 15.7 Å². The number of aromatic nitrogens is 2. The van der Waals surface area contributed by atoms with Crippen LogP contribution in [0.15, 0.2) is 42.5 Å². The van der Waals surface area contributed by atoms with Gasteiger partial charge in [0.25, 0.3) is 5.69 Å². The van der Waals surface area contributed by atoms with Crippen LogP contribution in [0.5, 0.6) is 0 Å². The lowest BCUT2D eigenvalue weighted by molar-refractivity contribution is -0.384. The van der Waals surface area contributed by atoms with Gasteiger partial charge in [0.15, 0.2) is 17.3 Å². The highest BCUT2D eigenvalue weighted by Gasteiger charge is 2.27. The topological polar surface area (TPSA) is 116 Å². The molecule has 1 fully saturated rings. The van der Waals surface area contributed by atoms with Gasteiger partial charge in [-0.25, -0.2) is 8.78 Å². The number of halogens is 2. The van der Waals surface area contributed by atoms with E-state index in [0.717, 1.165) is 18.5 Å². The van der Waals surface area contributed by atoms with Crippen molar-refractivity contribution in [3.8, 4) is 0 Å². The first-order chi connectivity index (χ1) is 14.5. The van der Waals surface area contributed by atoms with Gasteiger partial charge in [0.1, 0.15) is 5.82 Å². The number of nitrogens with one attached hydrogen (secondary N) is 3. The van der Waals surface area contributed by atoms with Gasteiger partial charge in [0.2, 0.25) is 0 Å². The maximum absolute atomic E-state index is 15.2. The van der Waals surface area contributed by atoms with E-state index in [1.165, 1.54) is 36.4 Å². The maximum Gasteiger partial charge on any atom is 0.295 e. The fourth-order valence-electron chi connectivity index (χ4n) is 3.20. The first-order valence-corrected chi connectivity index (χ1v) is 9.38. The monoisotopic (exact) mass is 415 g/mol. The van der Waals surface area contributed by atoms with Crippen molar-refractivity contribution < 1.29 is 18.8 Å². The summed E-state index contributed by atoms with van der Waals surface area (Å²) in [6.45, 7) is -0.394. The zero-order valence-corrected chi connectivity index (χ0v) is 15.7. The summed E-state index contributed by atoms with van der Waals surface area (Å²) >= 11 is 0. The number of hydrogen-bond donors (Lipinski definition) is 4. The third-order valence-electron chi connectivity index (χ3n) is 4.97. The predicted molar refractivity (Wildman–Crippen MR) is 107 cm³/mol. The Kier molecular flexibility index (Phi) is 5.32. The molecule has 1 atom stereocenters. The molecule has 1 aromatic heterocycles. The van der Waals surface area contributed by atoms with Crippen molar-refractivity contribution >= 4 is 22.9 Å². The standard InChI is InChI=1S/C20H19F2N5O3/c21-13-5-3-12(4-6-13)16(10-28)23-14-7-8-17(27(29)30)20(19(14)22)24-18-9-15(25-26-18)11-1-2-11/h3-9,11,16,23,28H,1-2,10H2,(H2,24,25,26). The van der Waals surface area contributed by atoms with Crippen molar-refractivity contribution in [2.24, 2.45) is 0 Å². The molecule has 1 aliphatic rings. The van der Waals surface area contributed by atoms with Gasteiger partial charge in [0, 0.05) is 23.7 Å². The Morgan fingerprint density at radius 3 is 2.60 bits per heavy atom. The highest BCUT2D eigenvalue weighted by Crippen LogP contribution is 2.40. The summed E-state index contributed by atoms with van der Waals surface area (Å²) in [6, 6.07) is 8.76. The lowest BCUT2D eigenvalue weighted by Gasteiger charge is -2.19. The number of aromatic amines is 1. The fraction of sp³-hybridized carbons (Fsp3) is 0.250. The number of nitro benzene ring substituents is 1. The summed E-state index contributed by atoms with van der Waals surface area (Å²) in [7, 11) is 0. The van der Waals surface area contributed by atoms with Crippen LogP contribution in [-0.2, 0) is 0 Å². The summed E-state index contributed by atoms with van der Waals surface area (Å²) in [4.78, 5) is 10.7. The predicted octanol–water partition coefficient (Wildman–Crippen LogP) is 4.36. The molecule has 1 unspecified atom stereocenters. The van der Waals surface area contributed by atoms with Crippen molar-refractivity contribution in [2.75, 3.05) is 17.2 Å². The number of nitrogens with zero attached hydrogens (tertiary/aromatic N) is 2. The smallest absolute Gasteiger partial charge is 0.295 e. The summed E-state index contributed by atoms with van der Waals surface area (Å²) < 4.78 is 28.4. The van der Waals surface area contributed by atoms with E-state index in [-0.39, 0.29) is 17.2 Å². The SMILES string of the molecule is O=[N+]([O-])c1ccc(NC(CO)c2ccc(F)cc2)c(F)c1Nc1cc(C2CC2)[nH]n1.